The zero-order valence-corrected chi connectivity index (χ0v) is 23.3. The molecule has 3 N–H and O–H groups in total. The average molecular weight is 554 g/mol. The van der Waals surface area contributed by atoms with Gasteiger partial charge in [-0.05, 0) is 68.7 Å². The molecule has 0 radical (unpaired) electrons. The van der Waals surface area contributed by atoms with Crippen LogP contribution in [0.2, 0.25) is 0 Å². The number of aromatic nitrogens is 3. The molecular weight excluding hydrogens is 516 g/mol. The lowest BCUT2D eigenvalue weighted by molar-refractivity contribution is -0.143. The summed E-state index contributed by atoms with van der Waals surface area (Å²) < 4.78 is 27.3. The van der Waals surface area contributed by atoms with Gasteiger partial charge in [-0.15, -0.1) is 5.10 Å². The Morgan fingerprint density at radius 2 is 2.02 bits per heavy atom. The fraction of sp³-hybridized carbons (Fsp3) is 0.586. The van der Waals surface area contributed by atoms with E-state index in [1.165, 1.54) is 0 Å². The molecule has 2 fully saturated rings. The minimum absolute atomic E-state index is 0.148. The summed E-state index contributed by atoms with van der Waals surface area (Å²) in [4.78, 5) is 34.5. The van der Waals surface area contributed by atoms with E-state index in [4.69, 9.17) is 0 Å². The van der Waals surface area contributed by atoms with Crippen molar-refractivity contribution in [2.24, 2.45) is 10.4 Å². The first-order valence-corrected chi connectivity index (χ1v) is 14.2. The standard InChI is InChI=1S/C29H37F2N7O2/c1-17-23(32-14-24(30)31)12-19-13-28(3,8-6-22(19)33-17)21-7-11-38-25(21)26(40)35-27(36-38)34-20-4-9-29(10-5-20)15-37(16-29)18(2)39/h6-8,11,20,23-24,32H,4-5,9-10,12-16H2,1-3H3,(H2,34,35,36,40). The number of fused-ring (bicyclic) bond motifs is 1. The maximum absolute atomic E-state index is 13.4. The first-order chi connectivity index (χ1) is 19.0. The third kappa shape index (κ3) is 4.88. The Kier molecular flexibility index (Phi) is 6.67. The van der Waals surface area contributed by atoms with Crippen LogP contribution in [0.25, 0.3) is 5.52 Å². The Bertz CT molecular complexity index is 1470. The van der Waals surface area contributed by atoms with Gasteiger partial charge in [0.2, 0.25) is 11.9 Å². The van der Waals surface area contributed by atoms with E-state index in [0.29, 0.717) is 24.3 Å². The Labute approximate surface area is 231 Å². The van der Waals surface area contributed by atoms with Gasteiger partial charge in [-0.3, -0.25) is 19.6 Å². The number of allylic oxidation sites excluding steroid dienone is 2. The molecule has 1 saturated carbocycles. The fourth-order valence-electron chi connectivity index (χ4n) is 6.99. The molecule has 6 rings (SSSR count). The Morgan fingerprint density at radius 1 is 1.27 bits per heavy atom. The number of nitrogens with one attached hydrogen (secondary N) is 3. The molecule has 4 aliphatic rings. The van der Waals surface area contributed by atoms with Gasteiger partial charge >= 0.3 is 0 Å². The number of anilines is 1. The summed E-state index contributed by atoms with van der Waals surface area (Å²) in [5.41, 5.74) is 3.76. The predicted octanol–water partition coefficient (Wildman–Crippen LogP) is 3.79. The summed E-state index contributed by atoms with van der Waals surface area (Å²) >= 11 is 0. The minimum Gasteiger partial charge on any atom is -0.352 e. The van der Waals surface area contributed by atoms with Crippen LogP contribution in [-0.4, -0.2) is 69.3 Å². The number of aromatic amines is 1. The van der Waals surface area contributed by atoms with Gasteiger partial charge in [-0.1, -0.05) is 13.0 Å². The van der Waals surface area contributed by atoms with Crippen LogP contribution in [0.4, 0.5) is 14.7 Å². The molecule has 2 aromatic heterocycles. The van der Waals surface area contributed by atoms with Crippen LogP contribution in [0.3, 0.4) is 0 Å². The number of carbonyl (C=O) groups is 1. The Balaban J connectivity index is 1.16. The summed E-state index contributed by atoms with van der Waals surface area (Å²) in [5, 5.41) is 11.0. The number of hydrogen-bond acceptors (Lipinski definition) is 6. The van der Waals surface area contributed by atoms with Gasteiger partial charge in [0.05, 0.1) is 12.2 Å². The summed E-state index contributed by atoms with van der Waals surface area (Å²) in [5.74, 6) is 0.606. The lowest BCUT2D eigenvalue weighted by atomic mass is 9.67. The van der Waals surface area contributed by atoms with Crippen LogP contribution in [0.1, 0.15) is 64.9 Å². The first-order valence-electron chi connectivity index (χ1n) is 14.2. The number of aliphatic imine (C=N–C) groups is 1. The highest BCUT2D eigenvalue weighted by atomic mass is 19.3. The van der Waals surface area contributed by atoms with E-state index in [9.17, 15) is 18.4 Å². The third-order valence-electron chi connectivity index (χ3n) is 9.34. The normalized spacial score (nSPS) is 26.3. The van der Waals surface area contributed by atoms with Crippen molar-refractivity contribution in [2.45, 2.75) is 83.2 Å². The summed E-state index contributed by atoms with van der Waals surface area (Å²) in [6, 6.07) is 1.95. The van der Waals surface area contributed by atoms with Crippen LogP contribution in [0.5, 0.6) is 0 Å². The molecule has 11 heteroatoms. The topological polar surface area (TPSA) is 107 Å². The van der Waals surface area contributed by atoms with E-state index in [1.54, 1.807) is 11.4 Å². The zero-order valence-electron chi connectivity index (χ0n) is 23.3. The molecule has 2 unspecified atom stereocenters. The van der Waals surface area contributed by atoms with Crippen molar-refractivity contribution in [3.8, 4) is 0 Å². The highest BCUT2D eigenvalue weighted by molar-refractivity contribution is 5.90. The van der Waals surface area contributed by atoms with Crippen molar-refractivity contribution in [3.05, 3.63) is 51.6 Å². The van der Waals surface area contributed by atoms with E-state index < -0.39 is 11.8 Å². The van der Waals surface area contributed by atoms with Crippen molar-refractivity contribution >= 4 is 23.1 Å². The quantitative estimate of drug-likeness (QED) is 0.505. The van der Waals surface area contributed by atoms with Crippen molar-refractivity contribution in [1.82, 2.24) is 24.8 Å². The molecule has 2 aromatic rings. The van der Waals surface area contributed by atoms with E-state index in [0.717, 1.165) is 61.3 Å². The average Bonchev–Trinajstić information content (AvgIpc) is 3.32. The molecule has 9 nitrogen and oxygen atoms in total. The molecular formula is C29H37F2N7O2. The number of H-pyrrole nitrogens is 1. The van der Waals surface area contributed by atoms with E-state index in [-0.39, 0.29) is 35.5 Å². The van der Waals surface area contributed by atoms with Gasteiger partial charge in [0.1, 0.15) is 5.52 Å². The molecule has 2 aliphatic heterocycles. The molecule has 1 saturated heterocycles. The predicted molar refractivity (Wildman–Crippen MR) is 150 cm³/mol. The minimum atomic E-state index is -2.41. The maximum atomic E-state index is 13.4. The number of halogens is 2. The number of alkyl halides is 2. The van der Waals surface area contributed by atoms with Crippen LogP contribution in [0.15, 0.2) is 45.5 Å². The molecule has 4 heterocycles. The van der Waals surface area contributed by atoms with E-state index in [2.05, 4.69) is 38.7 Å². The molecule has 2 aliphatic carbocycles. The van der Waals surface area contributed by atoms with Gasteiger partial charge in [0, 0.05) is 54.8 Å². The molecule has 0 aromatic carbocycles. The number of hydrogen-bond donors (Lipinski definition) is 3. The number of amides is 1. The van der Waals surface area contributed by atoms with E-state index in [1.807, 2.05) is 30.2 Å². The van der Waals surface area contributed by atoms with Gasteiger partial charge in [0.15, 0.2) is 0 Å². The SMILES string of the molecule is CC(=O)N1CC2(CCC(Nc3nn4ccc(C5(C)C=CC6=C(CC(NCC(F)F)C(C)=N6)C5)c4c(=O)[nH]3)CC2)C1. The van der Waals surface area contributed by atoms with Crippen LogP contribution < -0.4 is 16.2 Å². The van der Waals surface area contributed by atoms with Crippen LogP contribution in [-0.2, 0) is 10.2 Å². The van der Waals surface area contributed by atoms with Crippen molar-refractivity contribution in [3.63, 3.8) is 0 Å². The second-order valence-corrected chi connectivity index (χ2v) is 12.3. The summed E-state index contributed by atoms with van der Waals surface area (Å²) in [6.45, 7) is 6.93. The second kappa shape index (κ2) is 9.94. The molecule has 0 bridgehead atoms. The van der Waals surface area contributed by atoms with Gasteiger partial charge in [-0.2, -0.15) is 0 Å². The second-order valence-electron chi connectivity index (χ2n) is 12.3. The number of carbonyl (C=O) groups excluding carboxylic acids is 1. The Morgan fingerprint density at radius 3 is 2.73 bits per heavy atom. The smallest absolute Gasteiger partial charge is 0.276 e. The first kappa shape index (κ1) is 26.9. The third-order valence-corrected chi connectivity index (χ3v) is 9.34. The largest absolute Gasteiger partial charge is 0.352 e. The maximum Gasteiger partial charge on any atom is 0.276 e. The number of likely N-dealkylation sites (tertiary alicyclic amines) is 1. The molecule has 214 valence electrons. The van der Waals surface area contributed by atoms with Crippen LogP contribution in [0, 0.1) is 5.41 Å². The highest BCUT2D eigenvalue weighted by Crippen LogP contribution is 2.44. The summed E-state index contributed by atoms with van der Waals surface area (Å²) in [6.07, 6.45) is 8.79. The number of rotatable bonds is 6. The van der Waals surface area contributed by atoms with Gasteiger partial charge in [-0.25, -0.2) is 13.3 Å². The van der Waals surface area contributed by atoms with Gasteiger partial charge in [0.25, 0.3) is 12.0 Å². The molecule has 40 heavy (non-hydrogen) atoms. The van der Waals surface area contributed by atoms with Crippen LogP contribution >= 0.6 is 0 Å². The number of nitrogens with zero attached hydrogens (tertiary/aromatic N) is 4. The van der Waals surface area contributed by atoms with Crippen molar-refractivity contribution in [2.75, 3.05) is 25.0 Å². The molecule has 1 amide bonds. The van der Waals surface area contributed by atoms with E-state index >= 15 is 0 Å². The van der Waals surface area contributed by atoms with Crippen molar-refractivity contribution in [1.29, 1.82) is 0 Å². The van der Waals surface area contributed by atoms with Gasteiger partial charge < -0.3 is 15.5 Å². The monoisotopic (exact) mass is 553 g/mol. The molecule has 2 atom stereocenters. The van der Waals surface area contributed by atoms with Crippen molar-refractivity contribution < 1.29 is 13.6 Å². The highest BCUT2D eigenvalue weighted by Gasteiger charge is 2.46. The zero-order chi connectivity index (χ0) is 28.2. The Hall–Kier alpha value is -3.34. The summed E-state index contributed by atoms with van der Waals surface area (Å²) in [7, 11) is 0. The molecule has 1 spiro atoms. The lowest BCUT2D eigenvalue weighted by Crippen LogP contribution is -2.59. The fourth-order valence-corrected chi connectivity index (χ4v) is 6.99. The lowest BCUT2D eigenvalue weighted by Gasteiger charge is -2.53.